The third-order valence-electron chi connectivity index (χ3n) is 3.37. The number of guanidine groups is 1. The second kappa shape index (κ2) is 10.9. The van der Waals surface area contributed by atoms with Gasteiger partial charge in [-0.25, -0.2) is 0 Å². The first-order valence-electron chi connectivity index (χ1n) is 7.75. The van der Waals surface area contributed by atoms with E-state index in [1.165, 1.54) is 0 Å². The standard InChI is InChI=1S/C18H24N4O.HI/c1-14-8-4-5-10-17(14)23-15(2)12-21-18(19-3)22-13-16-9-6-7-11-20-16;/h4-11,15H,12-13H2,1-3H3,(H2,19,21,22);1H. The quantitative estimate of drug-likeness (QED) is 0.412. The van der Waals surface area contributed by atoms with Gasteiger partial charge in [0.15, 0.2) is 5.96 Å². The molecule has 1 aromatic heterocycles. The predicted molar refractivity (Wildman–Crippen MR) is 109 cm³/mol. The van der Waals surface area contributed by atoms with Gasteiger partial charge in [0.2, 0.25) is 0 Å². The van der Waals surface area contributed by atoms with Crippen LogP contribution in [0.2, 0.25) is 0 Å². The van der Waals surface area contributed by atoms with Crippen molar-refractivity contribution in [3.8, 4) is 5.75 Å². The van der Waals surface area contributed by atoms with E-state index < -0.39 is 0 Å². The van der Waals surface area contributed by atoms with E-state index in [1.807, 2.05) is 56.3 Å². The van der Waals surface area contributed by atoms with E-state index in [1.54, 1.807) is 13.2 Å². The van der Waals surface area contributed by atoms with Crippen molar-refractivity contribution in [2.75, 3.05) is 13.6 Å². The first kappa shape index (κ1) is 20.2. The molecule has 2 aromatic rings. The fraction of sp³-hybridized carbons (Fsp3) is 0.333. The number of ether oxygens (including phenoxy) is 1. The Kier molecular flexibility index (Phi) is 9.14. The van der Waals surface area contributed by atoms with Gasteiger partial charge in [0, 0.05) is 13.2 Å². The molecule has 0 aliphatic heterocycles. The topological polar surface area (TPSA) is 58.5 Å². The Bertz CT molecular complexity index is 634. The molecule has 0 amide bonds. The Morgan fingerprint density at radius 2 is 1.92 bits per heavy atom. The number of aliphatic imine (C=N–C) groups is 1. The summed E-state index contributed by atoms with van der Waals surface area (Å²) in [6.45, 7) is 5.37. The lowest BCUT2D eigenvalue weighted by molar-refractivity contribution is 0.222. The van der Waals surface area contributed by atoms with Crippen LogP contribution in [0.1, 0.15) is 18.2 Å². The highest BCUT2D eigenvalue weighted by Crippen LogP contribution is 2.17. The van der Waals surface area contributed by atoms with Crippen LogP contribution in [0.25, 0.3) is 0 Å². The molecule has 24 heavy (non-hydrogen) atoms. The Hall–Kier alpha value is -1.83. The maximum absolute atomic E-state index is 5.95. The molecule has 0 saturated carbocycles. The van der Waals surface area contributed by atoms with Gasteiger partial charge in [-0.3, -0.25) is 9.98 Å². The van der Waals surface area contributed by atoms with E-state index in [2.05, 4.69) is 20.6 Å². The molecule has 0 spiro atoms. The number of benzene rings is 1. The zero-order valence-electron chi connectivity index (χ0n) is 14.3. The summed E-state index contributed by atoms with van der Waals surface area (Å²) in [4.78, 5) is 8.49. The summed E-state index contributed by atoms with van der Waals surface area (Å²) in [7, 11) is 1.75. The number of aromatic nitrogens is 1. The van der Waals surface area contributed by atoms with E-state index in [4.69, 9.17) is 4.74 Å². The molecule has 2 rings (SSSR count). The van der Waals surface area contributed by atoms with Crippen molar-refractivity contribution in [1.82, 2.24) is 15.6 Å². The lowest BCUT2D eigenvalue weighted by Crippen LogP contribution is -2.41. The largest absolute Gasteiger partial charge is 0.489 e. The van der Waals surface area contributed by atoms with Gasteiger partial charge >= 0.3 is 0 Å². The average molecular weight is 440 g/mol. The normalized spacial score (nSPS) is 12.0. The third-order valence-corrected chi connectivity index (χ3v) is 3.37. The van der Waals surface area contributed by atoms with Crippen LogP contribution in [-0.2, 0) is 6.54 Å². The number of aryl methyl sites for hydroxylation is 1. The minimum atomic E-state index is 0. The average Bonchev–Trinajstić information content (AvgIpc) is 2.58. The second-order valence-electron chi connectivity index (χ2n) is 5.32. The van der Waals surface area contributed by atoms with Crippen molar-refractivity contribution in [2.24, 2.45) is 4.99 Å². The zero-order valence-corrected chi connectivity index (χ0v) is 16.7. The summed E-state index contributed by atoms with van der Waals surface area (Å²) < 4.78 is 5.95. The van der Waals surface area contributed by atoms with Gasteiger partial charge in [-0.2, -0.15) is 0 Å². The highest BCUT2D eigenvalue weighted by atomic mass is 127. The van der Waals surface area contributed by atoms with Crippen LogP contribution in [0.3, 0.4) is 0 Å². The highest BCUT2D eigenvalue weighted by molar-refractivity contribution is 14.0. The van der Waals surface area contributed by atoms with E-state index in [0.717, 1.165) is 23.0 Å². The molecule has 0 aliphatic rings. The van der Waals surface area contributed by atoms with Gasteiger partial charge in [0.25, 0.3) is 0 Å². The maximum Gasteiger partial charge on any atom is 0.191 e. The molecule has 5 nitrogen and oxygen atoms in total. The van der Waals surface area contributed by atoms with Gasteiger partial charge in [0.05, 0.1) is 18.8 Å². The molecular formula is C18H25IN4O. The SMILES string of the molecule is CN=C(NCc1ccccn1)NCC(C)Oc1ccccc1C.I. The molecule has 0 bridgehead atoms. The van der Waals surface area contributed by atoms with Crippen molar-refractivity contribution in [3.05, 3.63) is 59.9 Å². The van der Waals surface area contributed by atoms with Gasteiger partial charge < -0.3 is 15.4 Å². The second-order valence-corrected chi connectivity index (χ2v) is 5.32. The van der Waals surface area contributed by atoms with Crippen LogP contribution in [0.5, 0.6) is 5.75 Å². The van der Waals surface area contributed by atoms with Crippen molar-refractivity contribution in [1.29, 1.82) is 0 Å². The maximum atomic E-state index is 5.95. The summed E-state index contributed by atoms with van der Waals surface area (Å²) in [5.74, 6) is 1.65. The molecule has 0 saturated heterocycles. The smallest absolute Gasteiger partial charge is 0.191 e. The number of hydrogen-bond acceptors (Lipinski definition) is 3. The predicted octanol–water partition coefficient (Wildman–Crippen LogP) is 3.14. The fourth-order valence-electron chi connectivity index (χ4n) is 2.09. The molecule has 6 heteroatoms. The summed E-state index contributed by atoms with van der Waals surface area (Å²) >= 11 is 0. The Labute approximate surface area is 161 Å². The number of nitrogens with zero attached hydrogens (tertiary/aromatic N) is 2. The molecule has 1 atom stereocenters. The number of hydrogen-bond donors (Lipinski definition) is 2. The van der Waals surface area contributed by atoms with Crippen LogP contribution in [0.4, 0.5) is 0 Å². The van der Waals surface area contributed by atoms with Crippen molar-refractivity contribution in [2.45, 2.75) is 26.5 Å². The molecule has 130 valence electrons. The molecule has 0 aliphatic carbocycles. The number of nitrogens with one attached hydrogen (secondary N) is 2. The van der Waals surface area contributed by atoms with Crippen LogP contribution in [0, 0.1) is 6.92 Å². The summed E-state index contributed by atoms with van der Waals surface area (Å²) in [5.41, 5.74) is 2.11. The highest BCUT2D eigenvalue weighted by Gasteiger charge is 2.07. The summed E-state index contributed by atoms with van der Waals surface area (Å²) in [5, 5.41) is 6.50. The lowest BCUT2D eigenvalue weighted by atomic mass is 10.2. The number of para-hydroxylation sites is 1. The van der Waals surface area contributed by atoms with Crippen LogP contribution in [-0.4, -0.2) is 30.6 Å². The van der Waals surface area contributed by atoms with Crippen molar-refractivity contribution >= 4 is 29.9 Å². The molecule has 1 heterocycles. The van der Waals surface area contributed by atoms with Gasteiger partial charge in [-0.1, -0.05) is 24.3 Å². The number of rotatable bonds is 6. The van der Waals surface area contributed by atoms with E-state index >= 15 is 0 Å². The van der Waals surface area contributed by atoms with E-state index in [9.17, 15) is 0 Å². The zero-order chi connectivity index (χ0) is 16.5. The third kappa shape index (κ3) is 6.74. The van der Waals surface area contributed by atoms with E-state index in [-0.39, 0.29) is 30.1 Å². The Morgan fingerprint density at radius 3 is 2.58 bits per heavy atom. The van der Waals surface area contributed by atoms with Crippen molar-refractivity contribution in [3.63, 3.8) is 0 Å². The first-order chi connectivity index (χ1) is 11.2. The molecule has 0 radical (unpaired) electrons. The summed E-state index contributed by atoms with van der Waals surface area (Å²) in [6, 6.07) is 13.9. The van der Waals surface area contributed by atoms with Gasteiger partial charge in [-0.05, 0) is 37.6 Å². The number of halogens is 1. The molecule has 0 fully saturated rings. The van der Waals surface area contributed by atoms with Crippen LogP contribution in [0.15, 0.2) is 53.7 Å². The lowest BCUT2D eigenvalue weighted by Gasteiger charge is -2.18. The summed E-state index contributed by atoms with van der Waals surface area (Å²) in [6.07, 6.45) is 1.81. The minimum absolute atomic E-state index is 0. The van der Waals surface area contributed by atoms with E-state index in [0.29, 0.717) is 13.1 Å². The van der Waals surface area contributed by atoms with Gasteiger partial charge in [0.1, 0.15) is 11.9 Å². The fourth-order valence-corrected chi connectivity index (χ4v) is 2.09. The Balaban J connectivity index is 0.00000288. The molecule has 1 aromatic carbocycles. The monoisotopic (exact) mass is 440 g/mol. The minimum Gasteiger partial charge on any atom is -0.489 e. The van der Waals surface area contributed by atoms with Crippen LogP contribution >= 0.6 is 24.0 Å². The molecular weight excluding hydrogens is 415 g/mol. The first-order valence-corrected chi connectivity index (χ1v) is 7.75. The molecule has 2 N–H and O–H groups in total. The van der Waals surface area contributed by atoms with Crippen molar-refractivity contribution < 1.29 is 4.74 Å². The van der Waals surface area contributed by atoms with Gasteiger partial charge in [-0.15, -0.1) is 24.0 Å². The van der Waals surface area contributed by atoms with Crippen LogP contribution < -0.4 is 15.4 Å². The molecule has 1 unspecified atom stereocenters. The number of pyridine rings is 1. The Morgan fingerprint density at radius 1 is 1.17 bits per heavy atom.